The van der Waals surface area contributed by atoms with Crippen LogP contribution in [0.3, 0.4) is 0 Å². The van der Waals surface area contributed by atoms with Crippen molar-refractivity contribution in [2.75, 3.05) is 0 Å². The molecular weight excluding hydrogens is 667 g/mol. The van der Waals surface area contributed by atoms with E-state index >= 15 is 0 Å². The van der Waals surface area contributed by atoms with Crippen molar-refractivity contribution in [3.63, 3.8) is 0 Å². The summed E-state index contributed by atoms with van der Waals surface area (Å²) in [6.45, 7) is 4.68. The van der Waals surface area contributed by atoms with Crippen molar-refractivity contribution >= 4 is 53.4 Å². The third kappa shape index (κ3) is 4.57. The summed E-state index contributed by atoms with van der Waals surface area (Å²) in [7, 11) is 0. The Bertz CT molecular complexity index is 3100. The number of thiophene rings is 1. The Kier molecular flexibility index (Phi) is 6.43. The fourth-order valence-corrected chi connectivity index (χ4v) is 9.49. The molecule has 0 fully saturated rings. The zero-order valence-corrected chi connectivity index (χ0v) is 29.9. The molecule has 0 saturated carbocycles. The van der Waals surface area contributed by atoms with Gasteiger partial charge < -0.3 is 4.42 Å². The molecule has 0 spiro atoms. The van der Waals surface area contributed by atoms with Crippen LogP contribution in [0.5, 0.6) is 0 Å². The average molecular weight is 698 g/mol. The second kappa shape index (κ2) is 11.3. The summed E-state index contributed by atoms with van der Waals surface area (Å²) in [4.78, 5) is 15.4. The first-order valence-electron chi connectivity index (χ1n) is 17.9. The number of nitrogens with zero attached hydrogens (tertiary/aromatic N) is 3. The Balaban J connectivity index is 1.07. The second-order valence-electron chi connectivity index (χ2n) is 14.4. The summed E-state index contributed by atoms with van der Waals surface area (Å²) in [6, 6.07) is 53.6. The van der Waals surface area contributed by atoms with Crippen LogP contribution in [-0.2, 0) is 5.41 Å². The Hall–Kier alpha value is -6.43. The van der Waals surface area contributed by atoms with Crippen LogP contribution in [0.1, 0.15) is 25.0 Å². The number of hydrogen-bond acceptors (Lipinski definition) is 5. The molecule has 0 amide bonds. The SMILES string of the molecule is CC1(C)c2ccccc2-c2ccc(-c3ccc4sc5c(-c6nc(-c7ccccc7)nc(-c7cccc8c7oc7ccccc78)n6)cccc5c4c3)cc21. The summed E-state index contributed by atoms with van der Waals surface area (Å²) in [5.74, 6) is 1.85. The number of aromatic nitrogens is 3. The van der Waals surface area contributed by atoms with Gasteiger partial charge in [0.15, 0.2) is 17.5 Å². The molecule has 10 aromatic rings. The maximum absolute atomic E-state index is 6.44. The van der Waals surface area contributed by atoms with E-state index in [1.54, 1.807) is 11.3 Å². The molecule has 11 rings (SSSR count). The smallest absolute Gasteiger partial charge is 0.167 e. The Labute approximate surface area is 310 Å². The van der Waals surface area contributed by atoms with E-state index in [4.69, 9.17) is 19.4 Å². The zero-order valence-electron chi connectivity index (χ0n) is 29.1. The van der Waals surface area contributed by atoms with E-state index in [2.05, 4.69) is 111 Å². The fourth-order valence-electron chi connectivity index (χ4n) is 8.29. The van der Waals surface area contributed by atoms with Crippen LogP contribution in [0, 0.1) is 0 Å². The van der Waals surface area contributed by atoms with Crippen LogP contribution in [0.4, 0.5) is 0 Å². The molecule has 0 aliphatic heterocycles. The van der Waals surface area contributed by atoms with E-state index < -0.39 is 0 Å². The lowest BCUT2D eigenvalue weighted by Gasteiger charge is -2.22. The summed E-state index contributed by atoms with van der Waals surface area (Å²) in [5, 5.41) is 4.54. The molecule has 0 bridgehead atoms. The van der Waals surface area contributed by atoms with Gasteiger partial charge in [-0.15, -0.1) is 11.3 Å². The van der Waals surface area contributed by atoms with Gasteiger partial charge in [-0.3, -0.25) is 0 Å². The first-order valence-corrected chi connectivity index (χ1v) is 18.8. The first kappa shape index (κ1) is 30.2. The molecule has 1 aliphatic rings. The van der Waals surface area contributed by atoms with Crippen LogP contribution in [0.2, 0.25) is 0 Å². The van der Waals surface area contributed by atoms with E-state index in [-0.39, 0.29) is 5.41 Å². The van der Waals surface area contributed by atoms with Crippen LogP contribution in [0.15, 0.2) is 156 Å². The third-order valence-corrected chi connectivity index (χ3v) is 12.2. The maximum Gasteiger partial charge on any atom is 0.167 e. The van der Waals surface area contributed by atoms with Crippen molar-refractivity contribution < 1.29 is 4.42 Å². The highest BCUT2D eigenvalue weighted by atomic mass is 32.1. The highest BCUT2D eigenvalue weighted by Crippen LogP contribution is 2.50. The van der Waals surface area contributed by atoms with Crippen molar-refractivity contribution in [1.82, 2.24) is 15.0 Å². The molecule has 1 aliphatic carbocycles. The molecule has 7 aromatic carbocycles. The molecular formula is C48H31N3OS. The molecule has 5 heteroatoms. The van der Waals surface area contributed by atoms with Gasteiger partial charge in [0.05, 0.1) is 5.56 Å². The highest BCUT2D eigenvalue weighted by molar-refractivity contribution is 7.26. The average Bonchev–Trinajstić information content (AvgIpc) is 3.85. The molecule has 250 valence electrons. The summed E-state index contributed by atoms with van der Waals surface area (Å²) in [6.07, 6.45) is 0. The van der Waals surface area contributed by atoms with Crippen molar-refractivity contribution in [2.45, 2.75) is 19.3 Å². The Morgan fingerprint density at radius 2 is 1.09 bits per heavy atom. The first-order chi connectivity index (χ1) is 26.0. The topological polar surface area (TPSA) is 51.8 Å². The minimum absolute atomic E-state index is 0.0477. The predicted octanol–water partition coefficient (Wildman–Crippen LogP) is 13.1. The predicted molar refractivity (Wildman–Crippen MR) is 219 cm³/mol. The van der Waals surface area contributed by atoms with Gasteiger partial charge in [-0.1, -0.05) is 129 Å². The van der Waals surface area contributed by atoms with Gasteiger partial charge in [0.2, 0.25) is 0 Å². The standard InChI is InChI=1S/C48H31N3OS/c1-48(2)39-20-8-6-14-31(39)32-24-22-30(27-40(32)48)29-23-25-42-38(26-29)35-17-11-19-37(44(35)53-42)47-50-45(28-12-4-3-5-13-28)49-46(51-47)36-18-10-16-34-33-15-7-9-21-41(33)52-43(34)36/h3-27H,1-2H3. The second-order valence-corrected chi connectivity index (χ2v) is 15.4. The number of rotatable bonds is 4. The van der Waals surface area contributed by atoms with Gasteiger partial charge in [-0.05, 0) is 69.8 Å². The number of hydrogen-bond donors (Lipinski definition) is 0. The number of para-hydroxylation sites is 2. The van der Waals surface area contributed by atoms with Crippen molar-refractivity contribution in [3.05, 3.63) is 163 Å². The van der Waals surface area contributed by atoms with Gasteiger partial charge in [0, 0.05) is 47.5 Å². The van der Waals surface area contributed by atoms with Gasteiger partial charge in [-0.2, -0.15) is 0 Å². The third-order valence-electron chi connectivity index (χ3n) is 11.0. The van der Waals surface area contributed by atoms with Crippen molar-refractivity contribution in [3.8, 4) is 56.4 Å². The van der Waals surface area contributed by atoms with Crippen molar-refractivity contribution in [2.24, 2.45) is 0 Å². The van der Waals surface area contributed by atoms with E-state index in [1.807, 2.05) is 54.6 Å². The molecule has 0 N–H and O–H groups in total. The lowest BCUT2D eigenvalue weighted by Crippen LogP contribution is -2.14. The summed E-state index contributed by atoms with van der Waals surface area (Å²) >= 11 is 1.79. The summed E-state index contributed by atoms with van der Waals surface area (Å²) < 4.78 is 8.83. The Morgan fingerprint density at radius 3 is 1.98 bits per heavy atom. The van der Waals surface area contributed by atoms with E-state index in [1.165, 1.54) is 48.9 Å². The monoisotopic (exact) mass is 697 g/mol. The number of fused-ring (bicyclic) bond motifs is 9. The number of benzene rings is 7. The van der Waals surface area contributed by atoms with E-state index in [0.29, 0.717) is 17.5 Å². The van der Waals surface area contributed by atoms with Crippen LogP contribution in [-0.4, -0.2) is 15.0 Å². The minimum Gasteiger partial charge on any atom is -0.455 e. The van der Waals surface area contributed by atoms with Gasteiger partial charge >= 0.3 is 0 Å². The molecule has 3 heterocycles. The lowest BCUT2D eigenvalue weighted by atomic mass is 9.81. The molecule has 0 radical (unpaired) electrons. The van der Waals surface area contributed by atoms with E-state index in [9.17, 15) is 0 Å². The minimum atomic E-state index is -0.0477. The molecule has 0 unspecified atom stereocenters. The Morgan fingerprint density at radius 1 is 0.453 bits per heavy atom. The fraction of sp³-hybridized carbons (Fsp3) is 0.0625. The summed E-state index contributed by atoms with van der Waals surface area (Å²) in [5.41, 5.74) is 12.2. The number of furan rings is 1. The van der Waals surface area contributed by atoms with Crippen molar-refractivity contribution in [1.29, 1.82) is 0 Å². The molecule has 4 nitrogen and oxygen atoms in total. The van der Waals surface area contributed by atoms with E-state index in [0.717, 1.165) is 43.3 Å². The molecule has 3 aromatic heterocycles. The quantitative estimate of drug-likeness (QED) is 0.184. The zero-order chi connectivity index (χ0) is 35.3. The van der Waals surface area contributed by atoms with Crippen LogP contribution < -0.4 is 0 Å². The highest BCUT2D eigenvalue weighted by Gasteiger charge is 2.35. The maximum atomic E-state index is 6.44. The van der Waals surface area contributed by atoms with Crippen LogP contribution >= 0.6 is 11.3 Å². The normalized spacial score (nSPS) is 13.2. The lowest BCUT2D eigenvalue weighted by molar-refractivity contribution is 0.660. The van der Waals surface area contributed by atoms with Gasteiger partial charge in [-0.25, -0.2) is 15.0 Å². The largest absolute Gasteiger partial charge is 0.455 e. The van der Waals surface area contributed by atoms with Gasteiger partial charge in [0.1, 0.15) is 11.2 Å². The molecule has 0 atom stereocenters. The molecule has 0 saturated heterocycles. The van der Waals surface area contributed by atoms with Crippen LogP contribution in [0.25, 0.3) is 98.5 Å². The van der Waals surface area contributed by atoms with Gasteiger partial charge in [0.25, 0.3) is 0 Å². The molecule has 53 heavy (non-hydrogen) atoms.